The molecule has 2 saturated heterocycles. The van der Waals surface area contributed by atoms with E-state index in [2.05, 4.69) is 36.1 Å². The van der Waals surface area contributed by atoms with Crippen LogP contribution < -0.4 is 50.3 Å². The highest BCUT2D eigenvalue weighted by Gasteiger charge is 2.42. The van der Waals surface area contributed by atoms with Gasteiger partial charge in [-0.1, -0.05) is 18.6 Å². The molecule has 0 aromatic heterocycles. The molecule has 5 N–H and O–H groups in total. The van der Waals surface area contributed by atoms with E-state index in [4.69, 9.17) is 14.2 Å². The maximum atomic E-state index is 14.5. The Morgan fingerprint density at radius 3 is 1.97 bits per heavy atom. The van der Waals surface area contributed by atoms with E-state index in [9.17, 15) is 68.3 Å². The van der Waals surface area contributed by atoms with E-state index in [0.717, 1.165) is 6.92 Å². The lowest BCUT2D eigenvalue weighted by Crippen LogP contribution is -2.49. The fraction of sp³-hybridized carbons (Fsp3) is 0.348. The van der Waals surface area contributed by atoms with Crippen molar-refractivity contribution in [2.45, 2.75) is 68.4 Å². The molecule has 2 fully saturated rings. The lowest BCUT2D eigenvalue weighted by atomic mass is 9.96. The van der Waals surface area contributed by atoms with E-state index < -0.39 is 131 Å². The number of nitrogens with one attached hydrogen (secondary N) is 5. The summed E-state index contributed by atoms with van der Waals surface area (Å²) >= 11 is 1.65. The average molecular weight is 1040 g/mol. The van der Waals surface area contributed by atoms with Crippen molar-refractivity contribution >= 4 is 47.5 Å². The summed E-state index contributed by atoms with van der Waals surface area (Å²) in [5.74, 6) is -28.3. The second kappa shape index (κ2) is 23.7. The summed E-state index contributed by atoms with van der Waals surface area (Å²) < 4.78 is 152. The molecule has 0 radical (unpaired) electrons. The molecular formula is C46H42F9N5O11S. The van der Waals surface area contributed by atoms with Gasteiger partial charge in [0.15, 0.2) is 24.1 Å². The van der Waals surface area contributed by atoms with Crippen molar-refractivity contribution in [2.24, 2.45) is 0 Å². The summed E-state index contributed by atoms with van der Waals surface area (Å²) in [5, 5.41) is 12.8. The third-order valence-corrected chi connectivity index (χ3v) is 12.7. The van der Waals surface area contributed by atoms with Crippen LogP contribution in [0.2, 0.25) is 0 Å². The topological polar surface area (TPSA) is 209 Å². The van der Waals surface area contributed by atoms with E-state index in [0.29, 0.717) is 24.3 Å². The number of carbonyl (C=O) groups excluding carboxylic acids is 6. The van der Waals surface area contributed by atoms with Crippen LogP contribution in [0.5, 0.6) is 28.7 Å². The van der Waals surface area contributed by atoms with E-state index in [1.54, 1.807) is 11.8 Å². The second-order valence-electron chi connectivity index (χ2n) is 15.9. The van der Waals surface area contributed by atoms with E-state index >= 15 is 0 Å². The van der Waals surface area contributed by atoms with Crippen molar-refractivity contribution in [1.29, 1.82) is 0 Å². The Labute approximate surface area is 407 Å². The number of esters is 2. The van der Waals surface area contributed by atoms with Gasteiger partial charge < -0.3 is 50.3 Å². The molecule has 0 spiro atoms. The Balaban J connectivity index is 1.17. The summed E-state index contributed by atoms with van der Waals surface area (Å²) in [6.07, 6.45) is -0.0461. The minimum atomic E-state index is -2.52. The standard InChI is InChI=1S/C46H42F9N5O11S/c1-19-32(47)34(49)38(53)43(33(19)48)71-31(64)16-56-29(62)17-69-21-10-8-20(9-11-21)41(23-13-12-22(67-2)14-26(23)68-3)59-45(65)24(15-30(63)70-44-39(54)36(51)35(50)37(52)40(44)55)57-28(61)7-5-4-6-27-42-25(18-72-27)58-46(66)60-42/h8-14,24-25,27,41-42H,4-7,15-18H2,1-3H3,(H,56,62)(H,57,61)(H,59,65)(H2,58,60,66)/t24?,25?,27-,41?,42?/m0/s1. The van der Waals surface area contributed by atoms with Gasteiger partial charge in [0.1, 0.15) is 29.8 Å². The fourth-order valence-corrected chi connectivity index (χ4v) is 9.02. The summed E-state index contributed by atoms with van der Waals surface area (Å²) in [7, 11) is 2.66. The Morgan fingerprint density at radius 2 is 1.32 bits per heavy atom. The monoisotopic (exact) mass is 1040 g/mol. The Bertz CT molecular complexity index is 2700. The lowest BCUT2D eigenvalue weighted by molar-refractivity contribution is -0.139. The van der Waals surface area contributed by atoms with Gasteiger partial charge in [-0.05, 0) is 49.6 Å². The van der Waals surface area contributed by atoms with Gasteiger partial charge in [-0.2, -0.15) is 24.9 Å². The maximum Gasteiger partial charge on any atom is 0.331 e. The number of thioether (sulfide) groups is 1. The van der Waals surface area contributed by atoms with Crippen molar-refractivity contribution in [3.8, 4) is 28.7 Å². The van der Waals surface area contributed by atoms with Crippen LogP contribution in [-0.4, -0.2) is 92.2 Å². The third-order valence-electron chi connectivity index (χ3n) is 11.2. The molecule has 72 heavy (non-hydrogen) atoms. The first-order valence-corrected chi connectivity index (χ1v) is 22.5. The second-order valence-corrected chi connectivity index (χ2v) is 17.2. The first kappa shape index (κ1) is 54.0. The van der Waals surface area contributed by atoms with Gasteiger partial charge in [-0.15, -0.1) is 0 Å². The number of hydrogen-bond donors (Lipinski definition) is 5. The molecule has 5 amide bonds. The van der Waals surface area contributed by atoms with Crippen LogP contribution >= 0.6 is 11.8 Å². The van der Waals surface area contributed by atoms with Gasteiger partial charge in [0.25, 0.3) is 5.91 Å². The van der Waals surface area contributed by atoms with Crippen LogP contribution in [0.3, 0.4) is 0 Å². The summed E-state index contributed by atoms with van der Waals surface area (Å²) in [6, 6.07) is 6.29. The average Bonchev–Trinajstić information content (AvgIpc) is 3.94. The van der Waals surface area contributed by atoms with Crippen molar-refractivity contribution in [3.05, 3.63) is 112 Å². The normalized spacial score (nSPS) is 16.6. The number of amides is 5. The minimum Gasteiger partial charge on any atom is -0.497 e. The number of unbranched alkanes of at least 4 members (excludes halogenated alkanes) is 1. The number of ether oxygens (including phenoxy) is 5. The van der Waals surface area contributed by atoms with Gasteiger partial charge in [0, 0.05) is 34.6 Å². The zero-order valence-electron chi connectivity index (χ0n) is 37.9. The zero-order valence-corrected chi connectivity index (χ0v) is 38.7. The predicted molar refractivity (Wildman–Crippen MR) is 233 cm³/mol. The van der Waals surface area contributed by atoms with Crippen molar-refractivity contribution in [3.63, 3.8) is 0 Å². The van der Waals surface area contributed by atoms with Crippen LogP contribution in [-0.2, 0) is 24.0 Å². The zero-order chi connectivity index (χ0) is 52.6. The van der Waals surface area contributed by atoms with Crippen LogP contribution in [0, 0.1) is 59.3 Å². The van der Waals surface area contributed by atoms with Crippen molar-refractivity contribution in [2.75, 3.05) is 33.1 Å². The van der Waals surface area contributed by atoms with Gasteiger partial charge in [0.05, 0.1) is 38.8 Å². The lowest BCUT2D eigenvalue weighted by Gasteiger charge is -2.25. The molecular weight excluding hydrogens is 1000 g/mol. The molecule has 4 aromatic carbocycles. The van der Waals surface area contributed by atoms with Crippen molar-refractivity contribution in [1.82, 2.24) is 26.6 Å². The van der Waals surface area contributed by atoms with E-state index in [1.807, 2.05) is 0 Å². The molecule has 0 bridgehead atoms. The van der Waals surface area contributed by atoms with Crippen LogP contribution in [0.15, 0.2) is 42.5 Å². The maximum absolute atomic E-state index is 14.5. The van der Waals surface area contributed by atoms with Crippen LogP contribution in [0.1, 0.15) is 54.8 Å². The fourth-order valence-electron chi connectivity index (χ4n) is 7.48. The molecule has 26 heteroatoms. The number of halogens is 9. The van der Waals surface area contributed by atoms with Gasteiger partial charge >= 0.3 is 18.0 Å². The molecule has 4 aromatic rings. The van der Waals surface area contributed by atoms with E-state index in [1.165, 1.54) is 56.7 Å². The number of methoxy groups -OCH3 is 2. The SMILES string of the molecule is COc1ccc(C(NC(=O)C(CC(=O)Oc2c(F)c(F)c(F)c(F)c2F)NC(=O)CCCC[C@@H]2SCC3NC(=O)NC32)c2ccc(OCC(=O)NCC(=O)Oc3c(F)c(C)c(F)c(F)c3F)cc2)c(OC)c1. The third kappa shape index (κ3) is 12.6. The van der Waals surface area contributed by atoms with Crippen molar-refractivity contribution < 1.29 is 92.0 Å². The molecule has 0 saturated carbocycles. The first-order chi connectivity index (χ1) is 34.2. The summed E-state index contributed by atoms with van der Waals surface area (Å²) in [6.45, 7) is -0.967. The number of benzene rings is 4. The molecule has 5 atom stereocenters. The van der Waals surface area contributed by atoms with Crippen LogP contribution in [0.4, 0.5) is 44.3 Å². The summed E-state index contributed by atoms with van der Waals surface area (Å²) in [4.78, 5) is 77.3. The minimum absolute atomic E-state index is 0.0154. The largest absolute Gasteiger partial charge is 0.497 e. The predicted octanol–water partition coefficient (Wildman–Crippen LogP) is 5.78. The molecule has 16 nitrogen and oxygen atoms in total. The molecule has 4 unspecified atom stereocenters. The highest BCUT2D eigenvalue weighted by Crippen LogP contribution is 2.36. The smallest absolute Gasteiger partial charge is 0.331 e. The van der Waals surface area contributed by atoms with Gasteiger partial charge in [-0.25, -0.2) is 35.9 Å². The van der Waals surface area contributed by atoms with Gasteiger partial charge in [-0.3, -0.25) is 19.2 Å². The molecule has 6 rings (SSSR count). The number of fused-ring (bicyclic) bond motifs is 1. The highest BCUT2D eigenvalue weighted by molar-refractivity contribution is 8.00. The number of rotatable bonds is 21. The molecule has 386 valence electrons. The van der Waals surface area contributed by atoms with Gasteiger partial charge in [0.2, 0.25) is 58.2 Å². The quantitative estimate of drug-likeness (QED) is 0.0128. The molecule has 0 aliphatic carbocycles. The molecule has 2 aliphatic rings. The first-order valence-electron chi connectivity index (χ1n) is 21.5. The Kier molecular flexibility index (Phi) is 17.8. The number of carbonyl (C=O) groups is 6. The highest BCUT2D eigenvalue weighted by atomic mass is 32.2. The van der Waals surface area contributed by atoms with E-state index in [-0.39, 0.29) is 58.8 Å². The molecule has 2 heterocycles. The number of urea groups is 1. The Morgan fingerprint density at radius 1 is 0.708 bits per heavy atom. The summed E-state index contributed by atoms with van der Waals surface area (Å²) in [5.41, 5.74) is -0.480. The molecule has 2 aliphatic heterocycles. The Hall–Kier alpha value is -7.38. The number of hydrogen-bond acceptors (Lipinski definition) is 12. The van der Waals surface area contributed by atoms with Crippen LogP contribution in [0.25, 0.3) is 0 Å².